The number of aromatic nitrogens is 2. The number of fused-ring (bicyclic) bond motifs is 1. The Labute approximate surface area is 197 Å². The molecule has 178 valence electrons. The lowest BCUT2D eigenvalue weighted by atomic mass is 10.0. The standard InChI is InChI=1S/C21H18ClF2N4O5P/c1-2-16(29)27-6-8-28(9-7-27)21-12-10-13(22)17(19(24)20(12)25-11-26-21)18-14(23)4-3-5-15(18)33-34(30,31)32/h2-5,10-11H,1,6-9H2,(H2,30,31,32). The van der Waals surface area contributed by atoms with Gasteiger partial charge in [-0.25, -0.2) is 23.3 Å². The number of piperazine rings is 1. The molecule has 1 aliphatic rings. The predicted molar refractivity (Wildman–Crippen MR) is 122 cm³/mol. The number of rotatable bonds is 5. The molecule has 0 aliphatic carbocycles. The summed E-state index contributed by atoms with van der Waals surface area (Å²) >= 11 is 6.36. The minimum absolute atomic E-state index is 0.167. The molecular formula is C21H18ClF2N4O5P. The maximum atomic E-state index is 15.7. The molecule has 3 aromatic rings. The molecule has 2 aromatic carbocycles. The van der Waals surface area contributed by atoms with Gasteiger partial charge in [0.2, 0.25) is 5.91 Å². The molecule has 1 aromatic heterocycles. The van der Waals surface area contributed by atoms with Crippen LogP contribution >= 0.6 is 19.4 Å². The fourth-order valence-corrected chi connectivity index (χ4v) is 4.51. The van der Waals surface area contributed by atoms with Crippen molar-refractivity contribution in [3.05, 3.63) is 59.9 Å². The Morgan fingerprint density at radius 3 is 2.53 bits per heavy atom. The van der Waals surface area contributed by atoms with E-state index in [2.05, 4.69) is 21.1 Å². The molecule has 1 fully saturated rings. The third-order valence-electron chi connectivity index (χ3n) is 5.31. The van der Waals surface area contributed by atoms with Crippen molar-refractivity contribution >= 4 is 42.1 Å². The van der Waals surface area contributed by atoms with Gasteiger partial charge in [-0.1, -0.05) is 24.2 Å². The minimum Gasteiger partial charge on any atom is -0.403 e. The first kappa shape index (κ1) is 24.0. The second kappa shape index (κ2) is 9.27. The van der Waals surface area contributed by atoms with Crippen molar-refractivity contribution in [2.75, 3.05) is 31.1 Å². The van der Waals surface area contributed by atoms with Crippen LogP contribution in [0.5, 0.6) is 5.75 Å². The van der Waals surface area contributed by atoms with Gasteiger partial charge in [-0.2, -0.15) is 0 Å². The SMILES string of the molecule is C=CC(=O)N1CCN(c2ncnc3c(F)c(-c4c(F)cccc4OP(=O)(O)O)c(Cl)cc23)CC1. The third kappa shape index (κ3) is 4.60. The number of anilines is 1. The summed E-state index contributed by atoms with van der Waals surface area (Å²) in [5.74, 6) is -2.39. The van der Waals surface area contributed by atoms with Crippen LogP contribution in [-0.2, 0) is 9.36 Å². The van der Waals surface area contributed by atoms with Gasteiger partial charge in [-0.3, -0.25) is 14.6 Å². The van der Waals surface area contributed by atoms with E-state index in [0.29, 0.717) is 32.0 Å². The summed E-state index contributed by atoms with van der Waals surface area (Å²) in [6.07, 6.45) is 2.38. The normalized spacial score (nSPS) is 14.4. The molecule has 0 atom stereocenters. The maximum Gasteiger partial charge on any atom is 0.524 e. The summed E-state index contributed by atoms with van der Waals surface area (Å²) in [6.45, 7) is 5.12. The number of nitrogens with zero attached hydrogens (tertiary/aromatic N) is 4. The van der Waals surface area contributed by atoms with E-state index in [1.807, 2.05) is 4.90 Å². The highest BCUT2D eigenvalue weighted by Crippen LogP contribution is 2.47. The van der Waals surface area contributed by atoms with Crippen molar-refractivity contribution in [2.45, 2.75) is 0 Å². The maximum absolute atomic E-state index is 15.7. The van der Waals surface area contributed by atoms with Gasteiger partial charge in [-0.15, -0.1) is 0 Å². The lowest BCUT2D eigenvalue weighted by molar-refractivity contribution is -0.126. The van der Waals surface area contributed by atoms with E-state index < -0.39 is 36.3 Å². The smallest absolute Gasteiger partial charge is 0.403 e. The van der Waals surface area contributed by atoms with E-state index in [1.54, 1.807) is 4.90 Å². The highest BCUT2D eigenvalue weighted by molar-refractivity contribution is 7.46. The number of phosphoric acid groups is 1. The molecule has 4 rings (SSSR count). The van der Waals surface area contributed by atoms with Crippen molar-refractivity contribution in [3.8, 4) is 16.9 Å². The van der Waals surface area contributed by atoms with Crippen molar-refractivity contribution in [3.63, 3.8) is 0 Å². The molecule has 1 aliphatic heterocycles. The molecule has 0 bridgehead atoms. The van der Waals surface area contributed by atoms with Gasteiger partial charge in [0.15, 0.2) is 5.82 Å². The topological polar surface area (TPSA) is 116 Å². The van der Waals surface area contributed by atoms with Crippen molar-refractivity contribution < 1.29 is 32.5 Å². The summed E-state index contributed by atoms with van der Waals surface area (Å²) < 4.78 is 46.3. The lowest BCUT2D eigenvalue weighted by Gasteiger charge is -2.35. The predicted octanol–water partition coefficient (Wildman–Crippen LogP) is 3.53. The van der Waals surface area contributed by atoms with E-state index in [0.717, 1.165) is 24.5 Å². The van der Waals surface area contributed by atoms with Crippen LogP contribution in [0.2, 0.25) is 5.02 Å². The summed E-state index contributed by atoms with van der Waals surface area (Å²) in [6, 6.07) is 4.59. The molecule has 1 amide bonds. The Hall–Kier alpha value is -3.11. The molecule has 2 heterocycles. The van der Waals surface area contributed by atoms with Gasteiger partial charge >= 0.3 is 7.82 Å². The Balaban J connectivity index is 1.81. The van der Waals surface area contributed by atoms with Gasteiger partial charge in [0.25, 0.3) is 0 Å². The zero-order chi connectivity index (χ0) is 24.6. The first-order valence-electron chi connectivity index (χ1n) is 9.93. The average Bonchev–Trinajstić information content (AvgIpc) is 2.79. The first-order chi connectivity index (χ1) is 16.1. The van der Waals surface area contributed by atoms with Gasteiger partial charge in [-0.05, 0) is 24.3 Å². The third-order valence-corrected chi connectivity index (χ3v) is 6.04. The van der Waals surface area contributed by atoms with Crippen LogP contribution in [0, 0.1) is 11.6 Å². The summed E-state index contributed by atoms with van der Waals surface area (Å²) in [7, 11) is -5.07. The van der Waals surface area contributed by atoms with Crippen LogP contribution in [0.25, 0.3) is 22.0 Å². The number of halogens is 3. The fourth-order valence-electron chi connectivity index (χ4n) is 3.82. The molecule has 0 saturated carbocycles. The van der Waals surface area contributed by atoms with Crippen molar-refractivity contribution in [1.29, 1.82) is 0 Å². The van der Waals surface area contributed by atoms with E-state index in [9.17, 15) is 23.5 Å². The van der Waals surface area contributed by atoms with Crippen molar-refractivity contribution in [2.24, 2.45) is 0 Å². The number of hydrogen-bond acceptors (Lipinski definition) is 6. The quantitative estimate of drug-likeness (QED) is 0.395. The first-order valence-corrected chi connectivity index (χ1v) is 11.8. The molecule has 34 heavy (non-hydrogen) atoms. The van der Waals surface area contributed by atoms with Crippen LogP contribution < -0.4 is 9.42 Å². The van der Waals surface area contributed by atoms with Crippen LogP contribution in [-0.4, -0.2) is 56.7 Å². The average molecular weight is 511 g/mol. The molecule has 0 unspecified atom stereocenters. The number of carbonyl (C=O) groups excluding carboxylic acids is 1. The summed E-state index contributed by atoms with van der Waals surface area (Å²) in [5, 5.41) is 0.0215. The number of phosphoric ester groups is 1. The Bertz CT molecular complexity index is 1340. The van der Waals surface area contributed by atoms with Crippen LogP contribution in [0.4, 0.5) is 14.6 Å². The molecular weight excluding hydrogens is 493 g/mol. The molecule has 2 N–H and O–H groups in total. The number of benzene rings is 2. The highest BCUT2D eigenvalue weighted by atomic mass is 35.5. The highest BCUT2D eigenvalue weighted by Gasteiger charge is 2.28. The van der Waals surface area contributed by atoms with E-state index >= 15 is 4.39 Å². The zero-order valence-corrected chi connectivity index (χ0v) is 19.1. The number of amides is 1. The minimum atomic E-state index is -5.07. The molecule has 9 nitrogen and oxygen atoms in total. The second-order valence-electron chi connectivity index (χ2n) is 7.35. The van der Waals surface area contributed by atoms with Crippen molar-refractivity contribution in [1.82, 2.24) is 14.9 Å². The van der Waals surface area contributed by atoms with Crippen LogP contribution in [0.3, 0.4) is 0 Å². The number of carbonyl (C=O) groups is 1. The Morgan fingerprint density at radius 2 is 1.88 bits per heavy atom. The van der Waals surface area contributed by atoms with Gasteiger partial charge in [0.1, 0.15) is 29.2 Å². The molecule has 13 heteroatoms. The molecule has 0 radical (unpaired) electrons. The lowest BCUT2D eigenvalue weighted by Crippen LogP contribution is -2.48. The Morgan fingerprint density at radius 1 is 1.18 bits per heavy atom. The zero-order valence-electron chi connectivity index (χ0n) is 17.5. The van der Waals surface area contributed by atoms with E-state index in [-0.39, 0.29) is 21.8 Å². The second-order valence-corrected chi connectivity index (χ2v) is 8.92. The molecule has 0 spiro atoms. The Kier molecular flexibility index (Phi) is 6.55. The van der Waals surface area contributed by atoms with Crippen LogP contribution in [0.1, 0.15) is 0 Å². The summed E-state index contributed by atoms with van der Waals surface area (Å²) in [4.78, 5) is 41.9. The summed E-state index contributed by atoms with van der Waals surface area (Å²) in [5.41, 5.74) is -1.17. The van der Waals surface area contributed by atoms with E-state index in [4.69, 9.17) is 11.6 Å². The number of hydrogen-bond donors (Lipinski definition) is 2. The van der Waals surface area contributed by atoms with E-state index in [1.165, 1.54) is 12.1 Å². The van der Waals surface area contributed by atoms with Crippen LogP contribution in [0.15, 0.2) is 43.2 Å². The van der Waals surface area contributed by atoms with Gasteiger partial charge < -0.3 is 14.3 Å². The van der Waals surface area contributed by atoms with Gasteiger partial charge in [0, 0.05) is 37.1 Å². The van der Waals surface area contributed by atoms with Gasteiger partial charge in [0.05, 0.1) is 10.6 Å². The molecule has 1 saturated heterocycles. The fraction of sp³-hybridized carbons (Fsp3) is 0.190. The monoisotopic (exact) mass is 510 g/mol. The largest absolute Gasteiger partial charge is 0.524 e.